The van der Waals surface area contributed by atoms with Crippen LogP contribution in [-0.2, 0) is 4.74 Å². The van der Waals surface area contributed by atoms with Crippen LogP contribution >= 0.6 is 0 Å². The van der Waals surface area contributed by atoms with E-state index >= 15 is 0 Å². The number of ether oxygens (including phenoxy) is 2. The van der Waals surface area contributed by atoms with Crippen LogP contribution in [0.1, 0.15) is 56.8 Å². The first kappa shape index (κ1) is 18.5. The third kappa shape index (κ3) is 3.92. The summed E-state index contributed by atoms with van der Waals surface area (Å²) in [5, 5.41) is 9.25. The Kier molecular flexibility index (Phi) is 4.82. The van der Waals surface area contributed by atoms with Gasteiger partial charge >= 0.3 is 12.1 Å². The maximum Gasteiger partial charge on any atom is 0.410 e. The summed E-state index contributed by atoms with van der Waals surface area (Å²) >= 11 is 0. The van der Waals surface area contributed by atoms with Crippen molar-refractivity contribution in [3.8, 4) is 5.75 Å². The van der Waals surface area contributed by atoms with Gasteiger partial charge in [-0.1, -0.05) is 0 Å². The molecule has 2 bridgehead atoms. The zero-order valence-corrected chi connectivity index (χ0v) is 15.2. The Labute approximate surface area is 151 Å². The van der Waals surface area contributed by atoms with E-state index in [0.29, 0.717) is 12.8 Å². The van der Waals surface area contributed by atoms with Crippen LogP contribution in [-0.4, -0.2) is 45.9 Å². The van der Waals surface area contributed by atoms with Crippen LogP contribution in [0.3, 0.4) is 0 Å². The monoisotopic (exact) mass is 365 g/mol. The molecule has 6 nitrogen and oxygen atoms in total. The molecule has 1 aromatic carbocycles. The first-order chi connectivity index (χ1) is 12.1. The third-order valence-electron chi connectivity index (χ3n) is 4.76. The van der Waals surface area contributed by atoms with Crippen molar-refractivity contribution in [3.05, 3.63) is 29.6 Å². The normalized spacial score (nSPS) is 25.1. The van der Waals surface area contributed by atoms with Gasteiger partial charge in [-0.05, 0) is 45.7 Å². The predicted octanol–water partition coefficient (Wildman–Crippen LogP) is 3.83. The molecule has 3 rings (SSSR count). The van der Waals surface area contributed by atoms with Crippen molar-refractivity contribution in [2.24, 2.45) is 0 Å². The van der Waals surface area contributed by atoms with Crippen molar-refractivity contribution >= 4 is 12.1 Å². The molecule has 0 aromatic heterocycles. The number of fused-ring (bicyclic) bond motifs is 2. The van der Waals surface area contributed by atoms with Gasteiger partial charge in [-0.3, -0.25) is 0 Å². The van der Waals surface area contributed by atoms with E-state index < -0.39 is 17.4 Å². The Balaban J connectivity index is 1.71. The van der Waals surface area contributed by atoms with Crippen LogP contribution in [0.5, 0.6) is 5.75 Å². The largest absolute Gasteiger partial charge is 0.489 e. The number of rotatable bonds is 3. The number of nitrogens with zero attached hydrogens (tertiary/aromatic N) is 1. The Morgan fingerprint density at radius 1 is 1.19 bits per heavy atom. The Morgan fingerprint density at radius 3 is 2.35 bits per heavy atom. The zero-order chi connectivity index (χ0) is 19.1. The quantitative estimate of drug-likeness (QED) is 0.881. The number of carboxylic acids is 1. The van der Waals surface area contributed by atoms with Crippen LogP contribution in [0.4, 0.5) is 9.18 Å². The van der Waals surface area contributed by atoms with Crippen LogP contribution in [0.15, 0.2) is 18.2 Å². The molecule has 0 saturated carbocycles. The predicted molar refractivity (Wildman–Crippen MR) is 91.9 cm³/mol. The molecule has 1 amide bonds. The summed E-state index contributed by atoms with van der Waals surface area (Å²) in [4.78, 5) is 25.6. The van der Waals surface area contributed by atoms with Crippen LogP contribution in [0.2, 0.25) is 0 Å². The van der Waals surface area contributed by atoms with Gasteiger partial charge in [-0.15, -0.1) is 0 Å². The smallest absolute Gasteiger partial charge is 0.410 e. The maximum atomic E-state index is 13.5. The van der Waals surface area contributed by atoms with Crippen molar-refractivity contribution in [1.82, 2.24) is 4.90 Å². The van der Waals surface area contributed by atoms with Gasteiger partial charge < -0.3 is 19.5 Å². The van der Waals surface area contributed by atoms with Crippen molar-refractivity contribution in [1.29, 1.82) is 0 Å². The Hall–Kier alpha value is -2.31. The van der Waals surface area contributed by atoms with Gasteiger partial charge in [0, 0.05) is 31.0 Å². The lowest BCUT2D eigenvalue weighted by Gasteiger charge is -2.39. The molecule has 0 aliphatic carbocycles. The van der Waals surface area contributed by atoms with E-state index in [1.807, 2.05) is 20.8 Å². The minimum absolute atomic E-state index is 0.00422. The number of hydrogen-bond acceptors (Lipinski definition) is 4. The van der Waals surface area contributed by atoms with Gasteiger partial charge in [0.15, 0.2) is 0 Å². The highest BCUT2D eigenvalue weighted by molar-refractivity contribution is 5.90. The van der Waals surface area contributed by atoms with E-state index in [1.165, 1.54) is 6.07 Å². The van der Waals surface area contributed by atoms with E-state index in [9.17, 15) is 19.1 Å². The second-order valence-corrected chi connectivity index (χ2v) is 7.93. The number of carbonyl (C=O) groups is 2. The van der Waals surface area contributed by atoms with E-state index in [2.05, 4.69) is 0 Å². The maximum absolute atomic E-state index is 13.5. The molecule has 1 N–H and O–H groups in total. The number of carboxylic acid groups (broad SMARTS) is 1. The molecule has 26 heavy (non-hydrogen) atoms. The second kappa shape index (κ2) is 6.78. The first-order valence-electron chi connectivity index (χ1n) is 8.85. The summed E-state index contributed by atoms with van der Waals surface area (Å²) in [5.74, 6) is -1.67. The molecular weight excluding hydrogens is 341 g/mol. The Morgan fingerprint density at radius 2 is 1.81 bits per heavy atom. The van der Waals surface area contributed by atoms with Gasteiger partial charge in [0.05, 0.1) is 0 Å². The highest BCUT2D eigenvalue weighted by Crippen LogP contribution is 2.38. The van der Waals surface area contributed by atoms with Gasteiger partial charge in [-0.2, -0.15) is 0 Å². The number of amides is 1. The molecule has 0 spiro atoms. The van der Waals surface area contributed by atoms with Crippen molar-refractivity contribution in [3.63, 3.8) is 0 Å². The zero-order valence-electron chi connectivity index (χ0n) is 15.2. The fourth-order valence-corrected chi connectivity index (χ4v) is 3.79. The lowest BCUT2D eigenvalue weighted by molar-refractivity contribution is -0.00716. The summed E-state index contributed by atoms with van der Waals surface area (Å²) in [6, 6.07) is 3.40. The van der Waals surface area contributed by atoms with E-state index in [0.717, 1.165) is 25.0 Å². The third-order valence-corrected chi connectivity index (χ3v) is 4.76. The Bertz CT molecular complexity index is 700. The standard InChI is InChI=1S/C19H24FNO5/c1-19(2,3)26-18(24)21-12-5-6-13(21)10-14(9-12)25-16-8-11(20)4-7-15(16)17(22)23/h4,7-8,12-14H,5-6,9-10H2,1-3H3,(H,22,23). The molecule has 2 heterocycles. The first-order valence-corrected chi connectivity index (χ1v) is 8.85. The number of aromatic carboxylic acids is 1. The molecule has 2 saturated heterocycles. The summed E-state index contributed by atoms with van der Waals surface area (Å²) in [6.45, 7) is 5.50. The number of carbonyl (C=O) groups excluding carboxylic acids is 1. The fourth-order valence-electron chi connectivity index (χ4n) is 3.79. The summed E-state index contributed by atoms with van der Waals surface area (Å²) < 4.78 is 24.8. The SMILES string of the molecule is CC(C)(C)OC(=O)N1C2CCC1CC(Oc1cc(F)ccc1C(=O)O)C2. The van der Waals surface area contributed by atoms with Crippen molar-refractivity contribution in [2.45, 2.75) is 70.2 Å². The molecule has 2 aliphatic heterocycles. The van der Waals surface area contributed by atoms with Crippen molar-refractivity contribution < 1.29 is 28.6 Å². The van der Waals surface area contributed by atoms with Gasteiger partial charge in [0.1, 0.15) is 28.8 Å². The molecule has 0 radical (unpaired) electrons. The summed E-state index contributed by atoms with van der Waals surface area (Å²) in [7, 11) is 0. The van der Waals surface area contributed by atoms with Crippen molar-refractivity contribution in [2.75, 3.05) is 0 Å². The number of benzene rings is 1. The average Bonchev–Trinajstić information content (AvgIpc) is 2.77. The number of piperidine rings is 1. The average molecular weight is 365 g/mol. The molecule has 1 aromatic rings. The topological polar surface area (TPSA) is 76.1 Å². The molecule has 2 atom stereocenters. The van der Waals surface area contributed by atoms with E-state index in [-0.39, 0.29) is 35.6 Å². The molecule has 2 fully saturated rings. The molecule has 142 valence electrons. The molecular formula is C19H24FNO5. The molecule has 2 aliphatic rings. The fraction of sp³-hybridized carbons (Fsp3) is 0.579. The second-order valence-electron chi connectivity index (χ2n) is 7.93. The van der Waals surface area contributed by atoms with Crippen LogP contribution in [0, 0.1) is 5.82 Å². The lowest BCUT2D eigenvalue weighted by Crippen LogP contribution is -2.50. The van der Waals surface area contributed by atoms with Crippen LogP contribution < -0.4 is 4.74 Å². The van der Waals surface area contributed by atoms with E-state index in [4.69, 9.17) is 9.47 Å². The molecule has 2 unspecified atom stereocenters. The van der Waals surface area contributed by atoms with Gasteiger partial charge in [0.2, 0.25) is 0 Å². The van der Waals surface area contributed by atoms with Crippen LogP contribution in [0.25, 0.3) is 0 Å². The summed E-state index contributed by atoms with van der Waals surface area (Å²) in [5.41, 5.74) is -0.615. The number of hydrogen-bond donors (Lipinski definition) is 1. The minimum Gasteiger partial charge on any atom is -0.489 e. The highest BCUT2D eigenvalue weighted by Gasteiger charge is 2.45. The van der Waals surface area contributed by atoms with E-state index in [1.54, 1.807) is 4.90 Å². The summed E-state index contributed by atoms with van der Waals surface area (Å²) in [6.07, 6.45) is 2.29. The molecule has 7 heteroatoms. The lowest BCUT2D eigenvalue weighted by atomic mass is 10.00. The number of halogens is 1. The van der Waals surface area contributed by atoms with Gasteiger partial charge in [-0.25, -0.2) is 14.0 Å². The van der Waals surface area contributed by atoms with Gasteiger partial charge in [0.25, 0.3) is 0 Å². The highest BCUT2D eigenvalue weighted by atomic mass is 19.1. The minimum atomic E-state index is -1.16.